The molecule has 2 amide bonds. The highest BCUT2D eigenvalue weighted by atomic mass is 32.2. The quantitative estimate of drug-likeness (QED) is 0.631. The zero-order valence-corrected chi connectivity index (χ0v) is 16.2. The lowest BCUT2D eigenvalue weighted by Crippen LogP contribution is -2.18. The lowest BCUT2D eigenvalue weighted by Gasteiger charge is -2.13. The van der Waals surface area contributed by atoms with Crippen LogP contribution in [0.5, 0.6) is 0 Å². The van der Waals surface area contributed by atoms with Crippen molar-refractivity contribution in [3.8, 4) is 0 Å². The van der Waals surface area contributed by atoms with Crippen LogP contribution >= 0.6 is 0 Å². The van der Waals surface area contributed by atoms with Gasteiger partial charge in [-0.05, 0) is 36.4 Å². The molecule has 2 aromatic rings. The fraction of sp³-hybridized carbons (Fsp3) is 0.167. The number of sulfonamides is 1. The van der Waals surface area contributed by atoms with Gasteiger partial charge in [-0.2, -0.15) is 0 Å². The summed E-state index contributed by atoms with van der Waals surface area (Å²) in [4.78, 5) is 35.6. The van der Waals surface area contributed by atoms with Crippen LogP contribution in [0.1, 0.15) is 27.6 Å². The molecule has 9 nitrogen and oxygen atoms in total. The van der Waals surface area contributed by atoms with Crippen molar-refractivity contribution in [1.29, 1.82) is 0 Å². The third kappa shape index (κ3) is 5.81. The summed E-state index contributed by atoms with van der Waals surface area (Å²) >= 11 is 0. The van der Waals surface area contributed by atoms with Crippen molar-refractivity contribution in [2.24, 2.45) is 0 Å². The number of rotatable bonds is 6. The predicted octanol–water partition coefficient (Wildman–Crippen LogP) is 2.06. The molecule has 0 heterocycles. The summed E-state index contributed by atoms with van der Waals surface area (Å²) in [5.41, 5.74) is 0.892. The summed E-state index contributed by atoms with van der Waals surface area (Å²) in [6.07, 6.45) is 0.955. The maximum absolute atomic E-state index is 12.7. The van der Waals surface area contributed by atoms with Crippen molar-refractivity contribution >= 4 is 44.9 Å². The lowest BCUT2D eigenvalue weighted by atomic mass is 10.1. The maximum Gasteiger partial charge on any atom is 0.337 e. The number of benzene rings is 2. The number of ether oxygens (including phenoxy) is 1. The van der Waals surface area contributed by atoms with E-state index in [4.69, 9.17) is 0 Å². The molecule has 148 valence electrons. The Morgan fingerprint density at radius 1 is 0.964 bits per heavy atom. The molecular formula is C18H19N3O6S. The lowest BCUT2D eigenvalue weighted by molar-refractivity contribution is -0.114. The third-order valence-electron chi connectivity index (χ3n) is 3.42. The van der Waals surface area contributed by atoms with Crippen LogP contribution in [-0.4, -0.2) is 39.6 Å². The highest BCUT2D eigenvalue weighted by Gasteiger charge is 2.16. The summed E-state index contributed by atoms with van der Waals surface area (Å²) in [5.74, 6) is -1.55. The van der Waals surface area contributed by atoms with E-state index in [-0.39, 0.29) is 22.7 Å². The minimum absolute atomic E-state index is 0.0138. The first kappa shape index (κ1) is 20.9. The second kappa shape index (κ2) is 8.53. The largest absolute Gasteiger partial charge is 0.465 e. The summed E-state index contributed by atoms with van der Waals surface area (Å²) < 4.78 is 30.1. The Hall–Kier alpha value is -3.40. The van der Waals surface area contributed by atoms with E-state index >= 15 is 0 Å². The van der Waals surface area contributed by atoms with E-state index in [2.05, 4.69) is 20.1 Å². The minimum atomic E-state index is -3.64. The van der Waals surface area contributed by atoms with Gasteiger partial charge in [0.05, 0.1) is 30.2 Å². The molecule has 0 unspecified atom stereocenters. The van der Waals surface area contributed by atoms with Crippen molar-refractivity contribution in [2.75, 3.05) is 28.7 Å². The van der Waals surface area contributed by atoms with Gasteiger partial charge in [-0.3, -0.25) is 14.3 Å². The van der Waals surface area contributed by atoms with Crippen LogP contribution in [0, 0.1) is 0 Å². The predicted molar refractivity (Wildman–Crippen MR) is 105 cm³/mol. The number of carbonyl (C=O) groups excluding carboxylic acids is 3. The molecule has 0 spiro atoms. The Balaban J connectivity index is 2.38. The fourth-order valence-electron chi connectivity index (χ4n) is 2.34. The first-order valence-corrected chi connectivity index (χ1v) is 9.87. The smallest absolute Gasteiger partial charge is 0.337 e. The Labute approximate surface area is 162 Å². The van der Waals surface area contributed by atoms with Crippen LogP contribution < -0.4 is 15.4 Å². The highest BCUT2D eigenvalue weighted by Crippen LogP contribution is 2.23. The topological polar surface area (TPSA) is 131 Å². The average molecular weight is 405 g/mol. The molecule has 0 aliphatic rings. The van der Waals surface area contributed by atoms with E-state index in [1.165, 1.54) is 44.4 Å². The van der Waals surface area contributed by atoms with Gasteiger partial charge in [0.2, 0.25) is 15.9 Å². The summed E-state index contributed by atoms with van der Waals surface area (Å²) in [7, 11) is -2.40. The molecular weight excluding hydrogens is 386 g/mol. The van der Waals surface area contributed by atoms with Crippen LogP contribution in [0.2, 0.25) is 0 Å². The van der Waals surface area contributed by atoms with E-state index in [9.17, 15) is 22.8 Å². The number of hydrogen-bond acceptors (Lipinski definition) is 6. The monoisotopic (exact) mass is 405 g/mol. The molecule has 0 saturated carbocycles. The van der Waals surface area contributed by atoms with Gasteiger partial charge in [0.1, 0.15) is 0 Å². The molecule has 0 aromatic heterocycles. The number of nitrogens with one attached hydrogen (secondary N) is 3. The third-order valence-corrected chi connectivity index (χ3v) is 4.01. The molecule has 0 saturated heterocycles. The molecule has 0 fully saturated rings. The van der Waals surface area contributed by atoms with Crippen LogP contribution in [0.3, 0.4) is 0 Å². The van der Waals surface area contributed by atoms with Crippen LogP contribution in [-0.2, 0) is 19.6 Å². The molecule has 0 aliphatic carbocycles. The van der Waals surface area contributed by atoms with Crippen molar-refractivity contribution in [2.45, 2.75) is 6.92 Å². The number of esters is 1. The van der Waals surface area contributed by atoms with Crippen LogP contribution in [0.25, 0.3) is 0 Å². The molecule has 0 radical (unpaired) electrons. The second-order valence-electron chi connectivity index (χ2n) is 5.84. The van der Waals surface area contributed by atoms with Gasteiger partial charge in [0.15, 0.2) is 0 Å². The minimum Gasteiger partial charge on any atom is -0.465 e. The maximum atomic E-state index is 12.7. The number of amides is 2. The number of hydrogen-bond donors (Lipinski definition) is 3. The summed E-state index contributed by atoms with van der Waals surface area (Å²) in [6.45, 7) is 1.31. The first-order chi connectivity index (χ1) is 13.1. The average Bonchev–Trinajstić information content (AvgIpc) is 2.60. The zero-order valence-electron chi connectivity index (χ0n) is 15.4. The van der Waals surface area contributed by atoms with Gasteiger partial charge in [-0.15, -0.1) is 0 Å². The first-order valence-electron chi connectivity index (χ1n) is 7.98. The summed E-state index contributed by atoms with van der Waals surface area (Å²) in [5, 5.41) is 5.12. The number of methoxy groups -OCH3 is 1. The molecule has 3 N–H and O–H groups in total. The number of anilines is 3. The Morgan fingerprint density at radius 2 is 1.64 bits per heavy atom. The fourth-order valence-corrected chi connectivity index (χ4v) is 2.92. The van der Waals surface area contributed by atoms with Gasteiger partial charge in [0.25, 0.3) is 5.91 Å². The molecule has 0 atom stereocenters. The van der Waals surface area contributed by atoms with E-state index in [1.54, 1.807) is 12.1 Å². The van der Waals surface area contributed by atoms with Gasteiger partial charge in [-0.1, -0.05) is 6.07 Å². The molecule has 0 bridgehead atoms. The Bertz CT molecular complexity index is 1030. The van der Waals surface area contributed by atoms with Crippen LogP contribution in [0.15, 0.2) is 42.5 Å². The number of carbonyl (C=O) groups is 3. The molecule has 28 heavy (non-hydrogen) atoms. The van der Waals surface area contributed by atoms with E-state index < -0.39 is 21.9 Å². The van der Waals surface area contributed by atoms with Gasteiger partial charge >= 0.3 is 5.97 Å². The normalized spacial score (nSPS) is 10.7. The zero-order chi connectivity index (χ0) is 20.9. The van der Waals surface area contributed by atoms with E-state index in [0.717, 1.165) is 6.26 Å². The van der Waals surface area contributed by atoms with Crippen molar-refractivity contribution in [3.63, 3.8) is 0 Å². The Morgan fingerprint density at radius 3 is 2.25 bits per heavy atom. The molecule has 2 rings (SSSR count). The van der Waals surface area contributed by atoms with Crippen molar-refractivity contribution in [3.05, 3.63) is 53.6 Å². The van der Waals surface area contributed by atoms with E-state index in [0.29, 0.717) is 11.4 Å². The van der Waals surface area contributed by atoms with Gasteiger partial charge < -0.3 is 15.4 Å². The Kier molecular flexibility index (Phi) is 6.37. The van der Waals surface area contributed by atoms with Crippen molar-refractivity contribution in [1.82, 2.24) is 0 Å². The van der Waals surface area contributed by atoms with Crippen LogP contribution in [0.4, 0.5) is 17.1 Å². The standard InChI is InChI=1S/C18H19N3O6S/c1-11(22)19-14-7-8-16(21-28(3,25)26)15(10-14)17(23)20-13-6-4-5-12(9-13)18(24)27-2/h4-10,21H,1-3H3,(H,19,22)(H,20,23). The van der Waals surface area contributed by atoms with Gasteiger partial charge in [-0.25, -0.2) is 13.2 Å². The van der Waals surface area contributed by atoms with Gasteiger partial charge in [0, 0.05) is 18.3 Å². The van der Waals surface area contributed by atoms with E-state index in [1.807, 2.05) is 0 Å². The highest BCUT2D eigenvalue weighted by molar-refractivity contribution is 7.92. The molecule has 10 heteroatoms. The molecule has 0 aliphatic heterocycles. The summed E-state index contributed by atoms with van der Waals surface area (Å²) in [6, 6.07) is 10.2. The SMILES string of the molecule is COC(=O)c1cccc(NC(=O)c2cc(NC(C)=O)ccc2NS(C)(=O)=O)c1. The van der Waals surface area contributed by atoms with Crippen molar-refractivity contribution < 1.29 is 27.5 Å². The second-order valence-corrected chi connectivity index (χ2v) is 7.59. The molecule has 2 aromatic carbocycles.